The molecule has 5 nitrogen and oxygen atoms in total. The first-order valence-electron chi connectivity index (χ1n) is 6.49. The summed E-state index contributed by atoms with van der Waals surface area (Å²) >= 11 is 0. The van der Waals surface area contributed by atoms with Gasteiger partial charge in [-0.25, -0.2) is 4.79 Å². The Bertz CT molecular complexity index is 427. The number of hydrogen-bond donors (Lipinski definition) is 2. The summed E-state index contributed by atoms with van der Waals surface area (Å²) in [6.45, 7) is 5.21. The molecule has 0 saturated carbocycles. The van der Waals surface area contributed by atoms with Crippen molar-refractivity contribution in [1.29, 1.82) is 0 Å². The molecule has 1 aromatic rings. The number of carbonyl (C=O) groups is 1. The van der Waals surface area contributed by atoms with E-state index in [4.69, 9.17) is 9.47 Å². The van der Waals surface area contributed by atoms with Gasteiger partial charge in [0.15, 0.2) is 0 Å². The van der Waals surface area contributed by atoms with Crippen molar-refractivity contribution >= 4 is 6.09 Å². The highest BCUT2D eigenvalue weighted by Crippen LogP contribution is 2.22. The van der Waals surface area contributed by atoms with Crippen LogP contribution in [0.25, 0.3) is 0 Å². The maximum atomic E-state index is 12.0. The van der Waals surface area contributed by atoms with E-state index in [9.17, 15) is 9.90 Å². The molecule has 112 valence electrons. The lowest BCUT2D eigenvalue weighted by atomic mass is 9.91. The summed E-state index contributed by atoms with van der Waals surface area (Å²) in [5.41, 5.74) is -0.858. The molecular weight excluding hydrogens is 258 g/mol. The van der Waals surface area contributed by atoms with Crippen LogP contribution in [0.1, 0.15) is 26.3 Å². The van der Waals surface area contributed by atoms with E-state index < -0.39 is 17.2 Å². The highest BCUT2D eigenvalue weighted by atomic mass is 16.6. The summed E-state index contributed by atoms with van der Waals surface area (Å²) in [5, 5.41) is 12.5. The second-order valence-corrected chi connectivity index (χ2v) is 5.67. The summed E-state index contributed by atoms with van der Waals surface area (Å²) in [4.78, 5) is 12.0. The Hall–Kier alpha value is -1.59. The quantitative estimate of drug-likeness (QED) is 0.866. The van der Waals surface area contributed by atoms with E-state index in [0.717, 1.165) is 5.56 Å². The van der Waals surface area contributed by atoms with Crippen molar-refractivity contribution < 1.29 is 19.4 Å². The number of hydrogen-bond acceptors (Lipinski definition) is 4. The summed E-state index contributed by atoms with van der Waals surface area (Å²) in [7, 11) is 1.52. The van der Waals surface area contributed by atoms with Crippen LogP contribution >= 0.6 is 0 Å². The zero-order chi connectivity index (χ0) is 15.2. The molecule has 0 saturated heterocycles. The molecule has 0 bridgehead atoms. The predicted molar refractivity (Wildman–Crippen MR) is 76.5 cm³/mol. The molecule has 0 heterocycles. The number of amides is 1. The fourth-order valence-corrected chi connectivity index (χ4v) is 1.87. The first-order valence-corrected chi connectivity index (χ1v) is 6.49. The second-order valence-electron chi connectivity index (χ2n) is 5.67. The third-order valence-electron chi connectivity index (χ3n) is 2.73. The van der Waals surface area contributed by atoms with Gasteiger partial charge in [0.1, 0.15) is 11.1 Å². The third kappa shape index (κ3) is 4.51. The van der Waals surface area contributed by atoms with Crippen LogP contribution in [0.15, 0.2) is 30.3 Å². The van der Waals surface area contributed by atoms with Gasteiger partial charge in [0.25, 0.3) is 0 Å². The van der Waals surface area contributed by atoms with E-state index in [0.29, 0.717) is 0 Å². The molecule has 0 aliphatic heterocycles. The lowest BCUT2D eigenvalue weighted by Crippen LogP contribution is -2.53. The van der Waals surface area contributed by atoms with Crippen LogP contribution in [0.5, 0.6) is 0 Å². The third-order valence-corrected chi connectivity index (χ3v) is 2.73. The van der Waals surface area contributed by atoms with Crippen LogP contribution in [-0.2, 0) is 15.0 Å². The smallest absolute Gasteiger partial charge is 0.408 e. The lowest BCUT2D eigenvalue weighted by Gasteiger charge is -2.33. The van der Waals surface area contributed by atoms with Crippen molar-refractivity contribution in [1.82, 2.24) is 5.32 Å². The van der Waals surface area contributed by atoms with Crippen LogP contribution in [0.4, 0.5) is 4.79 Å². The Balaban J connectivity index is 2.98. The Morgan fingerprint density at radius 2 is 1.85 bits per heavy atom. The summed E-state index contributed by atoms with van der Waals surface area (Å²) in [6.07, 6.45) is -0.590. The molecule has 1 unspecified atom stereocenters. The van der Waals surface area contributed by atoms with Crippen molar-refractivity contribution in [3.63, 3.8) is 0 Å². The molecule has 0 aromatic heterocycles. The number of alkyl carbamates (subject to hydrolysis) is 1. The van der Waals surface area contributed by atoms with Crippen molar-refractivity contribution in [2.45, 2.75) is 31.9 Å². The van der Waals surface area contributed by atoms with Crippen molar-refractivity contribution in [2.24, 2.45) is 0 Å². The van der Waals surface area contributed by atoms with E-state index in [1.807, 2.05) is 30.3 Å². The maximum absolute atomic E-state index is 12.0. The first-order chi connectivity index (χ1) is 9.33. The SMILES string of the molecule is COCC(CO)(NC(=O)OC(C)(C)C)c1ccccc1. The molecule has 1 aromatic carbocycles. The molecule has 0 spiro atoms. The topological polar surface area (TPSA) is 67.8 Å². The van der Waals surface area contributed by atoms with Crippen molar-refractivity contribution in [3.05, 3.63) is 35.9 Å². The Kier molecular flexibility index (Phi) is 5.53. The summed E-state index contributed by atoms with van der Waals surface area (Å²) in [6, 6.07) is 9.20. The molecule has 1 rings (SSSR count). The lowest BCUT2D eigenvalue weighted by molar-refractivity contribution is 0.0214. The van der Waals surface area contributed by atoms with Crippen LogP contribution in [-0.4, -0.2) is 37.1 Å². The van der Waals surface area contributed by atoms with Gasteiger partial charge in [0.2, 0.25) is 0 Å². The fraction of sp³-hybridized carbons (Fsp3) is 0.533. The molecule has 1 amide bonds. The normalized spacial score (nSPS) is 14.4. The monoisotopic (exact) mass is 281 g/mol. The average Bonchev–Trinajstić information content (AvgIpc) is 2.37. The number of aliphatic hydroxyl groups excluding tert-OH is 1. The molecule has 0 radical (unpaired) electrons. The van der Waals surface area contributed by atoms with Crippen LogP contribution in [0, 0.1) is 0 Å². The number of benzene rings is 1. The Labute approximate surface area is 119 Å². The molecule has 2 N–H and O–H groups in total. The number of ether oxygens (including phenoxy) is 2. The molecule has 0 aliphatic carbocycles. The number of methoxy groups -OCH3 is 1. The van der Waals surface area contributed by atoms with Crippen molar-refractivity contribution in [3.8, 4) is 0 Å². The zero-order valence-corrected chi connectivity index (χ0v) is 12.5. The van der Waals surface area contributed by atoms with E-state index in [2.05, 4.69) is 5.32 Å². The van der Waals surface area contributed by atoms with Gasteiger partial charge in [0, 0.05) is 7.11 Å². The van der Waals surface area contributed by atoms with E-state index in [1.165, 1.54) is 7.11 Å². The molecule has 5 heteroatoms. The number of aliphatic hydroxyl groups is 1. The van der Waals surface area contributed by atoms with Crippen LogP contribution in [0.3, 0.4) is 0 Å². The summed E-state index contributed by atoms with van der Waals surface area (Å²) in [5.74, 6) is 0. The molecular formula is C15H23NO4. The number of nitrogens with one attached hydrogen (secondary N) is 1. The van der Waals surface area contributed by atoms with Gasteiger partial charge in [-0.1, -0.05) is 30.3 Å². The minimum absolute atomic E-state index is 0.146. The first kappa shape index (κ1) is 16.5. The number of rotatable bonds is 5. The van der Waals surface area contributed by atoms with Gasteiger partial charge in [-0.3, -0.25) is 0 Å². The van der Waals surface area contributed by atoms with E-state index in [-0.39, 0.29) is 13.2 Å². The highest BCUT2D eigenvalue weighted by Gasteiger charge is 2.35. The van der Waals surface area contributed by atoms with Crippen molar-refractivity contribution in [2.75, 3.05) is 20.3 Å². The van der Waals surface area contributed by atoms with E-state index in [1.54, 1.807) is 20.8 Å². The maximum Gasteiger partial charge on any atom is 0.408 e. The highest BCUT2D eigenvalue weighted by molar-refractivity contribution is 5.69. The van der Waals surface area contributed by atoms with Gasteiger partial charge in [-0.15, -0.1) is 0 Å². The number of carbonyl (C=O) groups excluding carboxylic acids is 1. The molecule has 1 atom stereocenters. The van der Waals surface area contributed by atoms with Crippen LogP contribution < -0.4 is 5.32 Å². The second kappa shape index (κ2) is 6.72. The minimum atomic E-state index is -1.02. The van der Waals surface area contributed by atoms with E-state index >= 15 is 0 Å². The predicted octanol–water partition coefficient (Wildman–Crippen LogP) is 2.05. The summed E-state index contributed by atoms with van der Waals surface area (Å²) < 4.78 is 10.4. The zero-order valence-electron chi connectivity index (χ0n) is 12.5. The molecule has 0 aliphatic rings. The van der Waals surface area contributed by atoms with Crippen LogP contribution in [0.2, 0.25) is 0 Å². The molecule has 0 fully saturated rings. The Morgan fingerprint density at radius 1 is 1.25 bits per heavy atom. The fourth-order valence-electron chi connectivity index (χ4n) is 1.87. The van der Waals surface area contributed by atoms with Gasteiger partial charge in [-0.05, 0) is 26.3 Å². The Morgan fingerprint density at radius 3 is 2.30 bits per heavy atom. The largest absolute Gasteiger partial charge is 0.444 e. The average molecular weight is 281 g/mol. The van der Waals surface area contributed by atoms with Gasteiger partial charge < -0.3 is 19.9 Å². The van der Waals surface area contributed by atoms with Gasteiger partial charge >= 0.3 is 6.09 Å². The van der Waals surface area contributed by atoms with Gasteiger partial charge in [0.05, 0.1) is 13.2 Å². The van der Waals surface area contributed by atoms with Gasteiger partial charge in [-0.2, -0.15) is 0 Å². The minimum Gasteiger partial charge on any atom is -0.444 e. The molecule has 20 heavy (non-hydrogen) atoms. The standard InChI is InChI=1S/C15H23NO4/c1-14(2,3)20-13(18)16-15(10-17,11-19-4)12-8-6-5-7-9-12/h5-9,17H,10-11H2,1-4H3,(H,16,18).